The summed E-state index contributed by atoms with van der Waals surface area (Å²) < 4.78 is 16.6. The van der Waals surface area contributed by atoms with Crippen LogP contribution in [0.4, 0.5) is 10.5 Å². The first-order chi connectivity index (χ1) is 16.9. The number of ether oxygens (including phenoxy) is 3. The van der Waals surface area contributed by atoms with Gasteiger partial charge in [0.05, 0.1) is 5.69 Å². The SMILES string of the molecule is CC1(Cc2ccc3c(c2)OCO3)NC(=O)N(CC(=O)Nc2ccccc2Oc2ccccc2)C1=O. The van der Waals surface area contributed by atoms with E-state index in [4.69, 9.17) is 14.2 Å². The molecule has 3 aromatic rings. The van der Waals surface area contributed by atoms with E-state index in [1.165, 1.54) is 0 Å². The smallest absolute Gasteiger partial charge is 0.325 e. The fourth-order valence-electron chi connectivity index (χ4n) is 4.08. The van der Waals surface area contributed by atoms with Gasteiger partial charge in [-0.1, -0.05) is 36.4 Å². The second kappa shape index (κ2) is 9.02. The van der Waals surface area contributed by atoms with Crippen LogP contribution in [0.3, 0.4) is 0 Å². The summed E-state index contributed by atoms with van der Waals surface area (Å²) >= 11 is 0. The Kier molecular flexibility index (Phi) is 5.74. The van der Waals surface area contributed by atoms with Crippen molar-refractivity contribution in [3.05, 3.63) is 78.4 Å². The number of carbonyl (C=O) groups is 3. The van der Waals surface area contributed by atoms with Crippen LogP contribution < -0.4 is 24.8 Å². The summed E-state index contributed by atoms with van der Waals surface area (Å²) in [6, 6.07) is 20.8. The molecular weight excluding hydrogens is 450 g/mol. The number of para-hydroxylation sites is 3. The van der Waals surface area contributed by atoms with E-state index < -0.39 is 29.9 Å². The highest BCUT2D eigenvalue weighted by Gasteiger charge is 2.48. The van der Waals surface area contributed by atoms with Gasteiger partial charge in [-0.05, 0) is 48.9 Å². The fraction of sp³-hybridized carbons (Fsp3) is 0.192. The molecule has 9 nitrogen and oxygen atoms in total. The van der Waals surface area contributed by atoms with Crippen molar-refractivity contribution in [1.82, 2.24) is 10.2 Å². The average molecular weight is 473 g/mol. The van der Waals surface area contributed by atoms with E-state index in [1.807, 2.05) is 24.3 Å². The molecule has 2 N–H and O–H groups in total. The zero-order chi connectivity index (χ0) is 24.4. The minimum absolute atomic E-state index is 0.147. The molecule has 0 aromatic heterocycles. The van der Waals surface area contributed by atoms with Gasteiger partial charge in [-0.2, -0.15) is 0 Å². The maximum Gasteiger partial charge on any atom is 0.325 e. The Balaban J connectivity index is 1.26. The van der Waals surface area contributed by atoms with Crippen LogP contribution in [0.15, 0.2) is 72.8 Å². The Morgan fingerprint density at radius 1 is 1.03 bits per heavy atom. The molecule has 178 valence electrons. The largest absolute Gasteiger partial charge is 0.455 e. The number of hydrogen-bond acceptors (Lipinski definition) is 6. The highest BCUT2D eigenvalue weighted by molar-refractivity contribution is 6.10. The molecule has 35 heavy (non-hydrogen) atoms. The van der Waals surface area contributed by atoms with Gasteiger partial charge in [0.2, 0.25) is 12.7 Å². The Bertz CT molecular complexity index is 1300. The Hall–Kier alpha value is -4.53. The zero-order valence-electron chi connectivity index (χ0n) is 18.9. The topological polar surface area (TPSA) is 106 Å². The summed E-state index contributed by atoms with van der Waals surface area (Å²) in [4.78, 5) is 39.5. The first-order valence-electron chi connectivity index (χ1n) is 11.1. The van der Waals surface area contributed by atoms with Gasteiger partial charge < -0.3 is 24.8 Å². The van der Waals surface area contributed by atoms with Gasteiger partial charge >= 0.3 is 6.03 Å². The molecule has 0 spiro atoms. The van der Waals surface area contributed by atoms with Crippen LogP contribution >= 0.6 is 0 Å². The lowest BCUT2D eigenvalue weighted by atomic mass is 9.92. The number of rotatable bonds is 7. The van der Waals surface area contributed by atoms with Crippen molar-refractivity contribution in [2.75, 3.05) is 18.7 Å². The summed E-state index contributed by atoms with van der Waals surface area (Å²) in [6.07, 6.45) is 0.236. The highest BCUT2D eigenvalue weighted by Crippen LogP contribution is 2.34. The van der Waals surface area contributed by atoms with Crippen LogP contribution in [0.2, 0.25) is 0 Å². The summed E-state index contributed by atoms with van der Waals surface area (Å²) in [5, 5.41) is 5.46. The number of benzene rings is 3. The standard InChI is InChI=1S/C26H23N3O6/c1-26(14-17-11-12-21-22(13-17)34-16-33-21)24(31)29(25(32)28-26)15-23(30)27-19-9-5-6-10-20(19)35-18-7-3-2-4-8-18/h2-13H,14-16H2,1H3,(H,27,30)(H,28,32). The number of hydrogen-bond donors (Lipinski definition) is 2. The zero-order valence-corrected chi connectivity index (χ0v) is 18.9. The predicted octanol–water partition coefficient (Wildman–Crippen LogP) is 3.70. The minimum Gasteiger partial charge on any atom is -0.455 e. The Morgan fingerprint density at radius 2 is 1.77 bits per heavy atom. The summed E-state index contributed by atoms with van der Waals surface area (Å²) in [5.74, 6) is 1.28. The van der Waals surface area contributed by atoms with E-state index >= 15 is 0 Å². The van der Waals surface area contributed by atoms with Crippen LogP contribution in [-0.4, -0.2) is 41.6 Å². The van der Waals surface area contributed by atoms with Crippen LogP contribution in [0.5, 0.6) is 23.0 Å². The third kappa shape index (κ3) is 4.61. The Labute approximate surface area is 201 Å². The van der Waals surface area contributed by atoms with Gasteiger partial charge in [0.25, 0.3) is 5.91 Å². The van der Waals surface area contributed by atoms with Gasteiger partial charge in [0.1, 0.15) is 17.8 Å². The molecule has 1 atom stereocenters. The second-order valence-corrected chi connectivity index (χ2v) is 8.48. The van der Waals surface area contributed by atoms with Gasteiger partial charge in [-0.25, -0.2) is 4.79 Å². The quantitative estimate of drug-likeness (QED) is 0.507. The lowest BCUT2D eigenvalue weighted by Gasteiger charge is -2.22. The monoisotopic (exact) mass is 473 g/mol. The molecule has 0 bridgehead atoms. The lowest BCUT2D eigenvalue weighted by molar-refractivity contribution is -0.133. The molecule has 0 saturated carbocycles. The molecule has 2 aliphatic rings. The van der Waals surface area contributed by atoms with Crippen LogP contribution in [0, 0.1) is 0 Å². The van der Waals surface area contributed by atoms with Gasteiger partial charge in [0, 0.05) is 6.42 Å². The van der Waals surface area contributed by atoms with Crippen LogP contribution in [0.25, 0.3) is 0 Å². The number of nitrogens with one attached hydrogen (secondary N) is 2. The molecule has 3 aromatic carbocycles. The summed E-state index contributed by atoms with van der Waals surface area (Å²) in [6.45, 7) is 1.36. The molecule has 2 heterocycles. The maximum atomic E-state index is 13.2. The third-order valence-electron chi connectivity index (χ3n) is 5.77. The van der Waals surface area contributed by atoms with Crippen LogP contribution in [-0.2, 0) is 16.0 Å². The van der Waals surface area contributed by atoms with Crippen molar-refractivity contribution >= 4 is 23.5 Å². The van der Waals surface area contributed by atoms with Crippen LogP contribution in [0.1, 0.15) is 12.5 Å². The molecule has 4 amide bonds. The number of fused-ring (bicyclic) bond motifs is 1. The van der Waals surface area contributed by atoms with Crippen molar-refractivity contribution in [2.45, 2.75) is 18.9 Å². The van der Waals surface area contributed by atoms with E-state index in [1.54, 1.807) is 55.5 Å². The van der Waals surface area contributed by atoms with Crippen molar-refractivity contribution in [2.24, 2.45) is 0 Å². The van der Waals surface area contributed by atoms with Crippen molar-refractivity contribution in [3.63, 3.8) is 0 Å². The van der Waals surface area contributed by atoms with E-state index in [0.29, 0.717) is 28.7 Å². The minimum atomic E-state index is -1.20. The number of amides is 4. The third-order valence-corrected chi connectivity index (χ3v) is 5.77. The van der Waals surface area contributed by atoms with Crippen molar-refractivity contribution < 1.29 is 28.6 Å². The number of anilines is 1. The van der Waals surface area contributed by atoms with Gasteiger partial charge in [-0.15, -0.1) is 0 Å². The van der Waals surface area contributed by atoms with Gasteiger partial charge in [0.15, 0.2) is 17.2 Å². The molecule has 1 unspecified atom stereocenters. The lowest BCUT2D eigenvalue weighted by Crippen LogP contribution is -2.46. The number of nitrogens with zero attached hydrogens (tertiary/aromatic N) is 1. The summed E-state index contributed by atoms with van der Waals surface area (Å²) in [5.41, 5.74) is 0.0274. The molecule has 1 fully saturated rings. The number of urea groups is 1. The fourth-order valence-corrected chi connectivity index (χ4v) is 4.08. The second-order valence-electron chi connectivity index (χ2n) is 8.48. The first kappa shape index (κ1) is 22.3. The average Bonchev–Trinajstić information content (AvgIpc) is 3.39. The molecular formula is C26H23N3O6. The molecule has 0 aliphatic carbocycles. The normalized spacial score (nSPS) is 18.4. The van der Waals surface area contributed by atoms with E-state index in [-0.39, 0.29) is 13.2 Å². The predicted molar refractivity (Wildman–Crippen MR) is 127 cm³/mol. The molecule has 9 heteroatoms. The van der Waals surface area contributed by atoms with Crippen molar-refractivity contribution in [3.8, 4) is 23.0 Å². The van der Waals surface area contributed by atoms with Crippen molar-refractivity contribution in [1.29, 1.82) is 0 Å². The maximum absolute atomic E-state index is 13.2. The van der Waals surface area contributed by atoms with E-state index in [2.05, 4.69) is 10.6 Å². The van der Waals surface area contributed by atoms with Gasteiger partial charge in [-0.3, -0.25) is 14.5 Å². The molecule has 5 rings (SSSR count). The first-order valence-corrected chi connectivity index (χ1v) is 11.1. The molecule has 1 saturated heterocycles. The Morgan fingerprint density at radius 3 is 2.60 bits per heavy atom. The number of carbonyl (C=O) groups excluding carboxylic acids is 3. The van der Waals surface area contributed by atoms with E-state index in [9.17, 15) is 14.4 Å². The molecule has 0 radical (unpaired) electrons. The highest BCUT2D eigenvalue weighted by atomic mass is 16.7. The van der Waals surface area contributed by atoms with E-state index in [0.717, 1.165) is 10.5 Å². The number of imide groups is 1. The summed E-state index contributed by atoms with van der Waals surface area (Å²) in [7, 11) is 0. The molecule has 2 aliphatic heterocycles.